The van der Waals surface area contributed by atoms with Crippen molar-refractivity contribution in [1.82, 2.24) is 14.9 Å². The second-order valence-corrected chi connectivity index (χ2v) is 13.5. The molecule has 13 heteroatoms. The number of piperidine rings is 1. The van der Waals surface area contributed by atoms with E-state index in [1.807, 2.05) is 12.1 Å². The van der Waals surface area contributed by atoms with Crippen molar-refractivity contribution < 1.29 is 47.5 Å². The number of carbonyl (C=O) groups is 3. The molecule has 2 aromatic carbocycles. The van der Waals surface area contributed by atoms with Crippen molar-refractivity contribution in [3.8, 4) is 23.0 Å². The van der Waals surface area contributed by atoms with Crippen LogP contribution >= 0.6 is 0 Å². The molecule has 274 valence electrons. The minimum atomic E-state index is -0.741. The minimum Gasteiger partial charge on any atom is -0.497 e. The average Bonchev–Trinajstić information content (AvgIpc) is 3.55. The summed E-state index contributed by atoms with van der Waals surface area (Å²) in [7, 11) is 7.37. The molecule has 4 aromatic rings. The topological polar surface area (TPSA) is 148 Å². The summed E-state index contributed by atoms with van der Waals surface area (Å²) in [5, 5.41) is 1.19. The van der Waals surface area contributed by atoms with Crippen LogP contribution in [0.5, 0.6) is 23.0 Å². The first-order valence-electron chi connectivity index (χ1n) is 17.4. The van der Waals surface area contributed by atoms with Gasteiger partial charge in [-0.3, -0.25) is 19.5 Å². The van der Waals surface area contributed by atoms with Crippen LogP contribution < -0.4 is 18.9 Å². The summed E-state index contributed by atoms with van der Waals surface area (Å²) < 4.78 is 39.7. The van der Waals surface area contributed by atoms with E-state index in [0.29, 0.717) is 6.42 Å². The molecule has 0 radical (unpaired) electrons. The third-order valence-electron chi connectivity index (χ3n) is 10.9. The van der Waals surface area contributed by atoms with Crippen molar-refractivity contribution in [3.05, 3.63) is 77.2 Å². The zero-order chi connectivity index (χ0) is 36.5. The van der Waals surface area contributed by atoms with E-state index >= 15 is 0 Å². The number of benzene rings is 2. The Morgan fingerprint density at radius 2 is 1.67 bits per heavy atom. The third kappa shape index (κ3) is 6.54. The maximum absolute atomic E-state index is 13.8. The third-order valence-corrected chi connectivity index (χ3v) is 10.9. The van der Waals surface area contributed by atoms with E-state index in [1.165, 1.54) is 57.2 Å². The summed E-state index contributed by atoms with van der Waals surface area (Å²) >= 11 is 0. The lowest BCUT2D eigenvalue weighted by molar-refractivity contribution is -0.176. The van der Waals surface area contributed by atoms with Crippen molar-refractivity contribution in [2.45, 2.75) is 43.9 Å². The largest absolute Gasteiger partial charge is 0.497 e. The number of aromatic amines is 1. The molecule has 2 aromatic heterocycles. The highest BCUT2D eigenvalue weighted by atomic mass is 16.6. The highest BCUT2D eigenvalue weighted by Gasteiger charge is 2.54. The SMILES string of the molecule is COC(=O)[C@H]1[C@H]2C[C@@H]3c4[nH]c5cc(OC)ccc5c4CCN3C[C@H]2C[C@@H](OC(=O)c2cc(OC)c(OC(=O)Cc3ccncc3)c(OC)c2)[C@@H]1OC. The maximum atomic E-state index is 13.8. The van der Waals surface area contributed by atoms with E-state index in [-0.39, 0.29) is 47.1 Å². The number of esters is 3. The summed E-state index contributed by atoms with van der Waals surface area (Å²) in [5.41, 5.74) is 4.36. The average molecular weight is 714 g/mol. The predicted octanol–water partition coefficient (Wildman–Crippen LogP) is 4.71. The molecule has 0 unspecified atom stereocenters. The van der Waals surface area contributed by atoms with Crippen LogP contribution in [0, 0.1) is 17.8 Å². The Hall–Kier alpha value is -5.14. The van der Waals surface area contributed by atoms with Crippen molar-refractivity contribution in [1.29, 1.82) is 0 Å². The van der Waals surface area contributed by atoms with Crippen LogP contribution in [0.1, 0.15) is 46.1 Å². The Kier molecular flexibility index (Phi) is 10.1. The quantitative estimate of drug-likeness (QED) is 0.179. The number of hydrogen-bond donors (Lipinski definition) is 1. The number of nitrogens with one attached hydrogen (secondary N) is 1. The minimum absolute atomic E-state index is 0.00143. The van der Waals surface area contributed by atoms with E-state index in [1.54, 1.807) is 31.6 Å². The number of fused-ring (bicyclic) bond motifs is 6. The molecule has 1 saturated heterocycles. The van der Waals surface area contributed by atoms with Crippen LogP contribution in [0.3, 0.4) is 0 Å². The van der Waals surface area contributed by atoms with Gasteiger partial charge in [-0.1, -0.05) is 0 Å². The molecule has 0 amide bonds. The van der Waals surface area contributed by atoms with Crippen molar-refractivity contribution in [2.24, 2.45) is 17.8 Å². The van der Waals surface area contributed by atoms with Gasteiger partial charge in [0.1, 0.15) is 18.0 Å². The number of aromatic nitrogens is 2. The fourth-order valence-electron chi connectivity index (χ4n) is 8.48. The molecular formula is C39H43N3O10. The van der Waals surface area contributed by atoms with Gasteiger partial charge in [-0.25, -0.2) is 4.79 Å². The molecule has 1 aliphatic carbocycles. The highest BCUT2D eigenvalue weighted by Crippen LogP contribution is 2.51. The molecule has 13 nitrogen and oxygen atoms in total. The van der Waals surface area contributed by atoms with Gasteiger partial charge in [0.25, 0.3) is 0 Å². The Bertz CT molecular complexity index is 1940. The number of pyridine rings is 1. The zero-order valence-corrected chi connectivity index (χ0v) is 29.9. The summed E-state index contributed by atoms with van der Waals surface area (Å²) in [5.74, 6) is -1.22. The van der Waals surface area contributed by atoms with Gasteiger partial charge >= 0.3 is 17.9 Å². The van der Waals surface area contributed by atoms with Gasteiger partial charge in [0.15, 0.2) is 11.5 Å². The second-order valence-electron chi connectivity index (χ2n) is 13.5. The van der Waals surface area contributed by atoms with Gasteiger partial charge in [0.2, 0.25) is 5.75 Å². The van der Waals surface area contributed by atoms with Crippen molar-refractivity contribution in [2.75, 3.05) is 48.6 Å². The van der Waals surface area contributed by atoms with Gasteiger partial charge in [0, 0.05) is 55.3 Å². The van der Waals surface area contributed by atoms with Crippen LogP contribution in [0.4, 0.5) is 0 Å². The van der Waals surface area contributed by atoms with Gasteiger partial charge < -0.3 is 38.1 Å². The Balaban J connectivity index is 1.12. The zero-order valence-electron chi connectivity index (χ0n) is 29.9. The van der Waals surface area contributed by atoms with Crippen LogP contribution in [0.2, 0.25) is 0 Å². The summed E-state index contributed by atoms with van der Waals surface area (Å²) in [4.78, 5) is 50.3. The number of hydrogen-bond acceptors (Lipinski definition) is 12. The molecule has 1 saturated carbocycles. The molecule has 1 N–H and O–H groups in total. The van der Waals surface area contributed by atoms with Gasteiger partial charge in [-0.15, -0.1) is 0 Å². The number of nitrogens with zero attached hydrogens (tertiary/aromatic N) is 2. The molecule has 2 aliphatic heterocycles. The van der Waals surface area contributed by atoms with Crippen molar-refractivity contribution in [3.63, 3.8) is 0 Å². The summed E-state index contributed by atoms with van der Waals surface area (Å²) in [6.07, 6.45) is 3.82. The summed E-state index contributed by atoms with van der Waals surface area (Å²) in [6.45, 7) is 1.60. The van der Waals surface area contributed by atoms with Crippen LogP contribution in [0.25, 0.3) is 10.9 Å². The molecular weight excluding hydrogens is 670 g/mol. The first-order valence-corrected chi connectivity index (χ1v) is 17.4. The molecule has 0 bridgehead atoms. The Labute approximate surface area is 301 Å². The fraction of sp³-hybridized carbons (Fsp3) is 0.436. The van der Waals surface area contributed by atoms with E-state index in [0.717, 1.165) is 42.8 Å². The molecule has 6 atom stereocenters. The molecule has 0 spiro atoms. The standard InChI is InChI=1S/C39H43N3O10/c1-46-24-6-7-25-26-10-13-42-20-23-17-32(37(49-4)34(39(45)50-5)27(23)19-29(42)35(26)41-28(25)18-24)51-38(44)22-15-30(47-2)36(31(16-22)48-3)52-33(43)14-21-8-11-40-12-9-21/h6-9,11-12,15-16,18,23,27,29,32,34,37,41H,10,13-14,17,19-20H2,1-5H3/t23-,27+,29-,32-,34+,37+/m1/s1. The van der Waals surface area contributed by atoms with Gasteiger partial charge in [-0.2, -0.15) is 0 Å². The monoisotopic (exact) mass is 713 g/mol. The highest BCUT2D eigenvalue weighted by molar-refractivity contribution is 5.92. The first-order chi connectivity index (χ1) is 25.3. The predicted molar refractivity (Wildman–Crippen MR) is 188 cm³/mol. The molecule has 3 aliphatic rings. The lowest BCUT2D eigenvalue weighted by atomic mass is 9.63. The van der Waals surface area contributed by atoms with Gasteiger partial charge in [0.05, 0.1) is 52.4 Å². The number of rotatable bonds is 10. The van der Waals surface area contributed by atoms with E-state index in [4.69, 9.17) is 33.2 Å². The van der Waals surface area contributed by atoms with Crippen LogP contribution in [-0.4, -0.2) is 93.6 Å². The fourth-order valence-corrected chi connectivity index (χ4v) is 8.48. The summed E-state index contributed by atoms with van der Waals surface area (Å²) in [6, 6.07) is 12.5. The number of methoxy groups -OCH3 is 5. The smallest absolute Gasteiger partial charge is 0.338 e. The maximum Gasteiger partial charge on any atom is 0.338 e. The van der Waals surface area contributed by atoms with Crippen molar-refractivity contribution >= 4 is 28.8 Å². The Morgan fingerprint density at radius 3 is 2.35 bits per heavy atom. The lowest BCUT2D eigenvalue weighted by Crippen LogP contribution is -2.58. The second kappa shape index (κ2) is 14.8. The number of carbonyl (C=O) groups excluding carboxylic acids is 3. The van der Waals surface area contributed by atoms with E-state index in [9.17, 15) is 14.4 Å². The van der Waals surface area contributed by atoms with Crippen LogP contribution in [0.15, 0.2) is 54.9 Å². The molecule has 7 rings (SSSR count). The van der Waals surface area contributed by atoms with Crippen LogP contribution in [-0.2, 0) is 36.6 Å². The molecule has 2 fully saturated rings. The Morgan fingerprint density at radius 1 is 0.923 bits per heavy atom. The van der Waals surface area contributed by atoms with Gasteiger partial charge in [-0.05, 0) is 78.6 Å². The molecule has 4 heterocycles. The molecule has 52 heavy (non-hydrogen) atoms. The first kappa shape index (κ1) is 35.3. The normalized spacial score (nSPS) is 23.8. The lowest BCUT2D eigenvalue weighted by Gasteiger charge is -2.52. The van der Waals surface area contributed by atoms with E-state index < -0.39 is 36.0 Å². The number of ether oxygens (including phenoxy) is 7. The van der Waals surface area contributed by atoms with E-state index in [2.05, 4.69) is 20.9 Å². The number of H-pyrrole nitrogens is 1.